The molecule has 1 fully saturated rings. The van der Waals surface area contributed by atoms with E-state index in [0.29, 0.717) is 12.2 Å². The van der Waals surface area contributed by atoms with Crippen molar-refractivity contribution in [3.8, 4) is 0 Å². The molecule has 0 bridgehead atoms. The lowest BCUT2D eigenvalue weighted by Crippen LogP contribution is -2.51. The Labute approximate surface area is 160 Å². The highest BCUT2D eigenvalue weighted by Crippen LogP contribution is 2.17. The first kappa shape index (κ1) is 18.0. The summed E-state index contributed by atoms with van der Waals surface area (Å²) in [6, 6.07) is 10.6. The average Bonchev–Trinajstić information content (AvgIpc) is 3.13. The lowest BCUT2D eigenvalue weighted by molar-refractivity contribution is 0.0922. The van der Waals surface area contributed by atoms with E-state index in [1.807, 2.05) is 0 Å². The summed E-state index contributed by atoms with van der Waals surface area (Å²) in [6.07, 6.45) is 0.900. The third kappa shape index (κ3) is 4.14. The number of hydrogen-bond donors (Lipinski definition) is 3. The first-order valence-corrected chi connectivity index (χ1v) is 9.81. The van der Waals surface area contributed by atoms with E-state index in [1.54, 1.807) is 0 Å². The third-order valence-electron chi connectivity index (χ3n) is 5.42. The maximum atomic E-state index is 12.6. The number of para-hydroxylation sites is 1. The molecule has 1 amide bonds. The molecule has 7 heteroatoms. The number of piperazine rings is 1. The molecule has 1 aromatic carbocycles. The number of amides is 1. The van der Waals surface area contributed by atoms with Crippen LogP contribution in [0.4, 0.5) is 5.69 Å². The van der Waals surface area contributed by atoms with Gasteiger partial charge < -0.3 is 15.5 Å². The summed E-state index contributed by atoms with van der Waals surface area (Å²) >= 11 is 0. The molecule has 1 atom stereocenters. The van der Waals surface area contributed by atoms with Gasteiger partial charge in [-0.25, -0.2) is 0 Å². The van der Waals surface area contributed by atoms with Crippen LogP contribution >= 0.6 is 0 Å². The first-order chi connectivity index (χ1) is 13.2. The molecule has 1 unspecified atom stereocenters. The van der Waals surface area contributed by atoms with Crippen molar-refractivity contribution in [3.05, 3.63) is 47.3 Å². The number of H-pyrrole nitrogens is 1. The smallest absolute Gasteiger partial charge is 0.272 e. The molecule has 0 aliphatic carbocycles. The number of rotatable bonds is 5. The minimum atomic E-state index is -0.0772. The molecule has 27 heavy (non-hydrogen) atoms. The fourth-order valence-corrected chi connectivity index (χ4v) is 3.97. The van der Waals surface area contributed by atoms with Crippen molar-refractivity contribution in [1.29, 1.82) is 0 Å². The predicted molar refractivity (Wildman–Crippen MR) is 106 cm³/mol. The van der Waals surface area contributed by atoms with Crippen molar-refractivity contribution < 1.29 is 4.79 Å². The molecular formula is C20H28N6O. The Morgan fingerprint density at radius 2 is 2.00 bits per heavy atom. The number of nitrogens with one attached hydrogen (secondary N) is 3. The van der Waals surface area contributed by atoms with Crippen LogP contribution in [-0.4, -0.2) is 66.3 Å². The zero-order chi connectivity index (χ0) is 18.6. The molecule has 4 rings (SSSR count). The summed E-state index contributed by atoms with van der Waals surface area (Å²) in [4.78, 5) is 17.5. The largest absolute Gasteiger partial charge is 0.369 e. The fourth-order valence-electron chi connectivity index (χ4n) is 3.97. The second kappa shape index (κ2) is 8.10. The van der Waals surface area contributed by atoms with Gasteiger partial charge in [-0.15, -0.1) is 0 Å². The Morgan fingerprint density at radius 3 is 2.78 bits per heavy atom. The summed E-state index contributed by atoms with van der Waals surface area (Å²) in [5, 5.41) is 13.7. The first-order valence-electron chi connectivity index (χ1n) is 9.81. The molecule has 3 N–H and O–H groups in total. The van der Waals surface area contributed by atoms with Gasteiger partial charge in [0.25, 0.3) is 5.91 Å². The van der Waals surface area contributed by atoms with Crippen molar-refractivity contribution in [3.63, 3.8) is 0 Å². The molecule has 2 aromatic rings. The van der Waals surface area contributed by atoms with Gasteiger partial charge in [-0.2, -0.15) is 5.10 Å². The van der Waals surface area contributed by atoms with Gasteiger partial charge in [0.2, 0.25) is 0 Å². The molecule has 2 aliphatic heterocycles. The second-order valence-electron chi connectivity index (χ2n) is 7.45. The Balaban J connectivity index is 1.27. The van der Waals surface area contributed by atoms with E-state index < -0.39 is 0 Å². The Morgan fingerprint density at radius 1 is 1.22 bits per heavy atom. The predicted octanol–water partition coefficient (Wildman–Crippen LogP) is 0.996. The van der Waals surface area contributed by atoms with Crippen LogP contribution in [0, 0.1) is 0 Å². The van der Waals surface area contributed by atoms with E-state index in [1.165, 1.54) is 5.69 Å². The summed E-state index contributed by atoms with van der Waals surface area (Å²) < 4.78 is 0. The molecule has 2 aliphatic rings. The fraction of sp³-hybridized carbons (Fsp3) is 0.500. The van der Waals surface area contributed by atoms with Gasteiger partial charge in [-0.1, -0.05) is 18.2 Å². The van der Waals surface area contributed by atoms with Crippen molar-refractivity contribution in [2.75, 3.05) is 44.2 Å². The highest BCUT2D eigenvalue weighted by atomic mass is 16.2. The number of benzene rings is 1. The highest BCUT2D eigenvalue weighted by molar-refractivity contribution is 5.94. The number of hydrogen-bond acceptors (Lipinski definition) is 5. The minimum absolute atomic E-state index is 0.0772. The topological polar surface area (TPSA) is 76.3 Å². The normalized spacial score (nSPS) is 18.8. The number of aromatic amines is 1. The van der Waals surface area contributed by atoms with Crippen molar-refractivity contribution in [1.82, 2.24) is 25.7 Å². The van der Waals surface area contributed by atoms with Gasteiger partial charge >= 0.3 is 0 Å². The number of carbonyl (C=O) groups is 1. The van der Waals surface area contributed by atoms with E-state index in [4.69, 9.17) is 0 Å². The lowest BCUT2D eigenvalue weighted by atomic mass is 10.1. The van der Waals surface area contributed by atoms with E-state index in [0.717, 1.165) is 56.9 Å². The quantitative estimate of drug-likeness (QED) is 0.734. The summed E-state index contributed by atoms with van der Waals surface area (Å²) in [7, 11) is 0. The number of fused-ring (bicyclic) bond motifs is 1. The molecule has 1 aromatic heterocycles. The van der Waals surface area contributed by atoms with Crippen LogP contribution < -0.4 is 15.5 Å². The maximum Gasteiger partial charge on any atom is 0.272 e. The van der Waals surface area contributed by atoms with Crippen molar-refractivity contribution in [2.45, 2.75) is 25.9 Å². The zero-order valence-electron chi connectivity index (χ0n) is 15.9. The molecular weight excluding hydrogens is 340 g/mol. The second-order valence-corrected chi connectivity index (χ2v) is 7.45. The average molecular weight is 368 g/mol. The summed E-state index contributed by atoms with van der Waals surface area (Å²) in [6.45, 7) is 8.63. The molecule has 7 nitrogen and oxygen atoms in total. The van der Waals surface area contributed by atoms with Crippen LogP contribution in [0.3, 0.4) is 0 Å². The lowest BCUT2D eigenvalue weighted by Gasteiger charge is -2.37. The number of carbonyl (C=O) groups excluding carboxylic acids is 1. The van der Waals surface area contributed by atoms with Gasteiger partial charge in [-0.3, -0.25) is 14.8 Å². The zero-order valence-corrected chi connectivity index (χ0v) is 15.9. The van der Waals surface area contributed by atoms with E-state index >= 15 is 0 Å². The maximum absolute atomic E-state index is 12.6. The van der Waals surface area contributed by atoms with Crippen LogP contribution in [-0.2, 0) is 13.0 Å². The molecule has 3 heterocycles. The Bertz CT molecular complexity index is 766. The van der Waals surface area contributed by atoms with E-state index in [-0.39, 0.29) is 11.9 Å². The molecule has 144 valence electrons. The standard InChI is InChI=1S/C20H28N6O/c1-15(22-20(27)19-17-13-21-8-7-18(17)23-24-19)14-25-9-11-26(12-10-25)16-5-3-2-4-6-16/h2-6,15,21H,7-14H2,1H3,(H,22,27)(H,23,24). The van der Waals surface area contributed by atoms with Crippen LogP contribution in [0.1, 0.15) is 28.7 Å². The van der Waals surface area contributed by atoms with Gasteiger partial charge in [-0.05, 0) is 19.1 Å². The van der Waals surface area contributed by atoms with Crippen molar-refractivity contribution >= 4 is 11.6 Å². The van der Waals surface area contributed by atoms with Gasteiger partial charge in [0, 0.05) is 75.2 Å². The van der Waals surface area contributed by atoms with Crippen LogP contribution in [0.5, 0.6) is 0 Å². The molecule has 0 radical (unpaired) electrons. The molecule has 1 saturated heterocycles. The summed E-state index contributed by atoms with van der Waals surface area (Å²) in [5.41, 5.74) is 3.93. The number of aromatic nitrogens is 2. The van der Waals surface area contributed by atoms with Crippen LogP contribution in [0.2, 0.25) is 0 Å². The Kier molecular flexibility index (Phi) is 5.40. The third-order valence-corrected chi connectivity index (χ3v) is 5.42. The number of anilines is 1. The Hall–Kier alpha value is -2.38. The van der Waals surface area contributed by atoms with Gasteiger partial charge in [0.05, 0.1) is 0 Å². The highest BCUT2D eigenvalue weighted by Gasteiger charge is 2.24. The van der Waals surface area contributed by atoms with Crippen molar-refractivity contribution in [2.24, 2.45) is 0 Å². The monoisotopic (exact) mass is 368 g/mol. The van der Waals surface area contributed by atoms with E-state index in [9.17, 15) is 4.79 Å². The SMILES string of the molecule is CC(CN1CCN(c2ccccc2)CC1)NC(=O)c1n[nH]c2c1CNCC2. The molecule has 0 spiro atoms. The molecule has 0 saturated carbocycles. The van der Waals surface area contributed by atoms with Gasteiger partial charge in [0.15, 0.2) is 5.69 Å². The van der Waals surface area contributed by atoms with Crippen LogP contribution in [0.25, 0.3) is 0 Å². The summed E-state index contributed by atoms with van der Waals surface area (Å²) in [5.74, 6) is -0.0772. The van der Waals surface area contributed by atoms with Gasteiger partial charge in [0.1, 0.15) is 0 Å². The minimum Gasteiger partial charge on any atom is -0.369 e. The van der Waals surface area contributed by atoms with E-state index in [2.05, 4.69) is 67.9 Å². The number of nitrogens with zero attached hydrogens (tertiary/aromatic N) is 3. The van der Waals surface area contributed by atoms with Crippen LogP contribution in [0.15, 0.2) is 30.3 Å².